The first kappa shape index (κ1) is 14.0. The third-order valence-electron chi connectivity index (χ3n) is 3.67. The van der Waals surface area contributed by atoms with Crippen molar-refractivity contribution in [3.8, 4) is 0 Å². The molecule has 0 unspecified atom stereocenters. The molecule has 1 heterocycles. The number of aldehydes is 1. The second kappa shape index (κ2) is 4.54. The Morgan fingerprint density at radius 3 is 2.77 bits per heavy atom. The fourth-order valence-electron chi connectivity index (χ4n) is 2.67. The quantitative estimate of drug-likeness (QED) is 0.483. The summed E-state index contributed by atoms with van der Waals surface area (Å²) < 4.78 is 5.13. The van der Waals surface area contributed by atoms with Gasteiger partial charge in [0.2, 0.25) is 0 Å². The summed E-state index contributed by atoms with van der Waals surface area (Å²) in [6, 6.07) is 4.43. The lowest BCUT2D eigenvalue weighted by molar-refractivity contribution is -0.121. The van der Waals surface area contributed by atoms with Crippen LogP contribution in [0.4, 0.5) is 0 Å². The van der Waals surface area contributed by atoms with Crippen LogP contribution in [0.2, 0.25) is 0 Å². The maximum Gasteiger partial charge on any atom is 0.340 e. The molecule has 7 heteroatoms. The summed E-state index contributed by atoms with van der Waals surface area (Å²) in [5.74, 6) is -1.20. The first-order valence-corrected chi connectivity index (χ1v) is 6.32. The van der Waals surface area contributed by atoms with Crippen molar-refractivity contribution in [3.63, 3.8) is 0 Å². The van der Waals surface area contributed by atoms with Gasteiger partial charge in [-0.3, -0.25) is 9.59 Å². The molecule has 1 aliphatic carbocycles. The third-order valence-corrected chi connectivity index (χ3v) is 3.67. The van der Waals surface area contributed by atoms with Gasteiger partial charge in [0, 0.05) is 5.39 Å². The zero-order valence-electron chi connectivity index (χ0n) is 11.4. The topological polar surface area (TPSA) is 106 Å². The molecular weight excluding hydrogens is 290 g/mol. The van der Waals surface area contributed by atoms with E-state index in [0.29, 0.717) is 4.73 Å². The highest BCUT2D eigenvalue weighted by atomic mass is 16.5. The van der Waals surface area contributed by atoms with Gasteiger partial charge in [0.25, 0.3) is 0 Å². The summed E-state index contributed by atoms with van der Waals surface area (Å²) in [6.07, 6.45) is 2.26. The summed E-state index contributed by atoms with van der Waals surface area (Å²) in [7, 11) is 1.18. The van der Waals surface area contributed by atoms with Gasteiger partial charge in [0.1, 0.15) is 11.2 Å². The van der Waals surface area contributed by atoms with Crippen LogP contribution in [0.25, 0.3) is 10.9 Å². The van der Waals surface area contributed by atoms with Gasteiger partial charge >= 0.3 is 5.97 Å². The first-order chi connectivity index (χ1) is 10.4. The molecule has 0 radical (unpaired) electrons. The van der Waals surface area contributed by atoms with Gasteiger partial charge in [-0.1, -0.05) is 12.1 Å². The van der Waals surface area contributed by atoms with Crippen LogP contribution in [-0.4, -0.2) is 40.2 Å². The second-order valence-electron chi connectivity index (χ2n) is 4.87. The van der Waals surface area contributed by atoms with Crippen molar-refractivity contribution in [2.24, 2.45) is 0 Å². The van der Waals surface area contributed by atoms with Crippen LogP contribution in [0.1, 0.15) is 26.4 Å². The Hall–Kier alpha value is -2.93. The molecule has 1 atom stereocenters. The molecule has 2 aromatic rings. The lowest BCUT2D eigenvalue weighted by Crippen LogP contribution is -2.32. The molecule has 1 aliphatic rings. The van der Waals surface area contributed by atoms with E-state index in [1.807, 2.05) is 0 Å². The number of carbonyl (C=O) groups is 3. The Labute approximate surface area is 124 Å². The smallest absolute Gasteiger partial charge is 0.340 e. The number of ketones is 1. The number of rotatable bonds is 2. The van der Waals surface area contributed by atoms with Crippen molar-refractivity contribution in [2.45, 2.75) is 5.60 Å². The number of carbonyl (C=O) groups excluding carboxylic acids is 3. The zero-order chi connectivity index (χ0) is 16.1. The van der Waals surface area contributed by atoms with Crippen molar-refractivity contribution < 1.29 is 29.4 Å². The molecule has 1 aromatic carbocycles. The summed E-state index contributed by atoms with van der Waals surface area (Å²) in [5, 5.41) is 20.9. The van der Waals surface area contributed by atoms with Crippen LogP contribution in [0, 0.1) is 0 Å². The van der Waals surface area contributed by atoms with Gasteiger partial charge in [-0.15, -0.1) is 0 Å². The number of allylic oxidation sites excluding steroid dienone is 1. The molecule has 0 saturated heterocycles. The molecule has 0 spiro atoms. The lowest BCUT2D eigenvalue weighted by Gasteiger charge is -2.22. The maximum atomic E-state index is 12.1. The molecule has 0 fully saturated rings. The van der Waals surface area contributed by atoms with Crippen LogP contribution in [0.3, 0.4) is 0 Å². The van der Waals surface area contributed by atoms with Gasteiger partial charge in [0.15, 0.2) is 17.7 Å². The molecule has 2 N–H and O–H groups in total. The molecular formula is C15H11NO6. The Morgan fingerprint density at radius 1 is 1.41 bits per heavy atom. The minimum absolute atomic E-state index is 0.00308. The standard InChI is InChI=1S/C15H11NO6/c1-22-14(19)9-4-2-3-8-11-10(18)5-6-15(20,7-17)13(11)16(21)12(8)9/h2-7,20-21H,1H3/t15-/m1/s1. The number of fused-ring (bicyclic) bond motifs is 3. The normalized spacial score (nSPS) is 20.0. The number of esters is 1. The van der Waals surface area contributed by atoms with Crippen molar-refractivity contribution in [1.82, 2.24) is 4.73 Å². The number of hydrogen-bond donors (Lipinski definition) is 2. The van der Waals surface area contributed by atoms with Gasteiger partial charge in [-0.05, 0) is 18.2 Å². The number of para-hydroxylation sites is 1. The van der Waals surface area contributed by atoms with E-state index >= 15 is 0 Å². The Balaban J connectivity index is 2.49. The van der Waals surface area contributed by atoms with Gasteiger partial charge in [-0.25, -0.2) is 4.79 Å². The summed E-state index contributed by atoms with van der Waals surface area (Å²) in [4.78, 5) is 35.2. The molecule has 22 heavy (non-hydrogen) atoms. The number of hydrogen-bond acceptors (Lipinski definition) is 6. The number of aliphatic hydroxyl groups is 1. The molecule has 3 rings (SSSR count). The molecule has 0 saturated carbocycles. The van der Waals surface area contributed by atoms with Crippen LogP contribution in [-0.2, 0) is 15.1 Å². The summed E-state index contributed by atoms with van der Waals surface area (Å²) in [5.41, 5.74) is -2.46. The Kier molecular flexibility index (Phi) is 2.89. The molecule has 7 nitrogen and oxygen atoms in total. The predicted molar refractivity (Wildman–Crippen MR) is 73.9 cm³/mol. The fraction of sp³-hybridized carbons (Fsp3) is 0.133. The largest absolute Gasteiger partial charge is 0.465 e. The minimum atomic E-state index is -2.15. The van der Waals surface area contributed by atoms with Crippen LogP contribution < -0.4 is 0 Å². The highest BCUT2D eigenvalue weighted by Crippen LogP contribution is 2.37. The Morgan fingerprint density at radius 2 is 2.14 bits per heavy atom. The van der Waals surface area contributed by atoms with E-state index in [-0.39, 0.29) is 34.0 Å². The number of ether oxygens (including phenoxy) is 1. The molecule has 0 aliphatic heterocycles. The SMILES string of the molecule is COC(=O)c1cccc2c3c(n(O)c12)[C@](O)(C=O)C=CC3=O. The van der Waals surface area contributed by atoms with Crippen molar-refractivity contribution in [1.29, 1.82) is 0 Å². The van der Waals surface area contributed by atoms with E-state index in [1.54, 1.807) is 0 Å². The highest BCUT2D eigenvalue weighted by Gasteiger charge is 2.40. The van der Waals surface area contributed by atoms with Crippen LogP contribution in [0.15, 0.2) is 30.4 Å². The highest BCUT2D eigenvalue weighted by molar-refractivity contribution is 6.19. The van der Waals surface area contributed by atoms with E-state index < -0.39 is 17.4 Å². The number of nitrogens with zero attached hydrogens (tertiary/aromatic N) is 1. The Bertz CT molecular complexity index is 863. The van der Waals surface area contributed by atoms with E-state index in [0.717, 1.165) is 12.2 Å². The number of benzene rings is 1. The molecule has 112 valence electrons. The monoisotopic (exact) mass is 301 g/mol. The number of methoxy groups -OCH3 is 1. The summed E-state index contributed by atoms with van der Waals surface area (Å²) in [6.45, 7) is 0. The number of aromatic nitrogens is 1. The average Bonchev–Trinajstić information content (AvgIpc) is 2.85. The lowest BCUT2D eigenvalue weighted by atomic mass is 9.89. The molecule has 0 amide bonds. The van der Waals surface area contributed by atoms with Crippen molar-refractivity contribution >= 4 is 28.9 Å². The maximum absolute atomic E-state index is 12.1. The van der Waals surface area contributed by atoms with Crippen LogP contribution in [0.5, 0.6) is 0 Å². The first-order valence-electron chi connectivity index (χ1n) is 6.32. The third kappa shape index (κ3) is 1.63. The van der Waals surface area contributed by atoms with E-state index in [1.165, 1.54) is 25.3 Å². The molecule has 0 bridgehead atoms. The molecule has 1 aromatic heterocycles. The van der Waals surface area contributed by atoms with Gasteiger partial charge < -0.3 is 15.1 Å². The van der Waals surface area contributed by atoms with Gasteiger partial charge in [-0.2, -0.15) is 4.73 Å². The van der Waals surface area contributed by atoms with E-state index in [9.17, 15) is 24.7 Å². The van der Waals surface area contributed by atoms with Crippen molar-refractivity contribution in [2.75, 3.05) is 7.11 Å². The average molecular weight is 301 g/mol. The zero-order valence-corrected chi connectivity index (χ0v) is 11.4. The fourth-order valence-corrected chi connectivity index (χ4v) is 2.67. The second-order valence-corrected chi connectivity index (χ2v) is 4.87. The van der Waals surface area contributed by atoms with Gasteiger partial charge in [0.05, 0.1) is 18.2 Å². The minimum Gasteiger partial charge on any atom is -0.465 e. The van der Waals surface area contributed by atoms with Crippen LogP contribution >= 0.6 is 0 Å². The van der Waals surface area contributed by atoms with Crippen molar-refractivity contribution in [3.05, 3.63) is 47.2 Å². The van der Waals surface area contributed by atoms with E-state index in [4.69, 9.17) is 0 Å². The van der Waals surface area contributed by atoms with E-state index in [2.05, 4.69) is 4.74 Å². The summed E-state index contributed by atoms with van der Waals surface area (Å²) >= 11 is 0. The predicted octanol–water partition coefficient (Wildman–Crippen LogP) is 0.804.